The lowest BCUT2D eigenvalue weighted by Gasteiger charge is -2.09. The summed E-state index contributed by atoms with van der Waals surface area (Å²) in [6.07, 6.45) is 3.56. The van der Waals surface area contributed by atoms with Gasteiger partial charge in [-0.2, -0.15) is 5.10 Å². The van der Waals surface area contributed by atoms with Crippen molar-refractivity contribution in [3.05, 3.63) is 89.5 Å². The molecule has 6 nitrogen and oxygen atoms in total. The summed E-state index contributed by atoms with van der Waals surface area (Å²) in [5.41, 5.74) is 1.88. The molecule has 0 atom stereocenters. The summed E-state index contributed by atoms with van der Waals surface area (Å²) >= 11 is 0. The van der Waals surface area contributed by atoms with Gasteiger partial charge in [0.25, 0.3) is 11.8 Å². The Morgan fingerprint density at radius 3 is 2.30 bits per heavy atom. The summed E-state index contributed by atoms with van der Waals surface area (Å²) in [4.78, 5) is 24.2. The van der Waals surface area contributed by atoms with Gasteiger partial charge in [0.2, 0.25) is 0 Å². The Bertz CT molecular complexity index is 908. The van der Waals surface area contributed by atoms with E-state index in [1.54, 1.807) is 16.9 Å². The fraction of sp³-hybridized carbons (Fsp3) is 0.150. The van der Waals surface area contributed by atoms with Crippen LogP contribution in [-0.4, -0.2) is 34.7 Å². The molecule has 138 valence electrons. The van der Waals surface area contributed by atoms with E-state index in [1.807, 2.05) is 30.5 Å². The summed E-state index contributed by atoms with van der Waals surface area (Å²) in [7, 11) is 0. The zero-order valence-corrected chi connectivity index (χ0v) is 14.6. The van der Waals surface area contributed by atoms with Crippen LogP contribution in [0.2, 0.25) is 0 Å². The first kappa shape index (κ1) is 18.3. The third-order valence-electron chi connectivity index (χ3n) is 3.90. The van der Waals surface area contributed by atoms with E-state index in [0.717, 1.165) is 5.56 Å². The van der Waals surface area contributed by atoms with Gasteiger partial charge in [-0.25, -0.2) is 4.39 Å². The van der Waals surface area contributed by atoms with Gasteiger partial charge in [-0.3, -0.25) is 14.3 Å². The molecule has 0 unspecified atom stereocenters. The van der Waals surface area contributed by atoms with Crippen molar-refractivity contribution in [1.29, 1.82) is 0 Å². The lowest BCUT2D eigenvalue weighted by Crippen LogP contribution is -2.34. The smallest absolute Gasteiger partial charge is 0.251 e. The Hall–Kier alpha value is -3.48. The number of aromatic nitrogens is 2. The molecule has 0 aliphatic carbocycles. The number of halogens is 1. The van der Waals surface area contributed by atoms with Crippen LogP contribution in [0.4, 0.5) is 4.39 Å². The first-order valence-corrected chi connectivity index (χ1v) is 8.50. The number of carbonyl (C=O) groups excluding carboxylic acids is 2. The number of carbonyl (C=O) groups is 2. The molecule has 0 fully saturated rings. The van der Waals surface area contributed by atoms with Crippen molar-refractivity contribution in [2.24, 2.45) is 0 Å². The molecule has 1 aromatic heterocycles. The summed E-state index contributed by atoms with van der Waals surface area (Å²) in [6.45, 7) is 1.14. The monoisotopic (exact) mass is 366 g/mol. The van der Waals surface area contributed by atoms with E-state index in [9.17, 15) is 14.0 Å². The fourth-order valence-corrected chi connectivity index (χ4v) is 2.55. The van der Waals surface area contributed by atoms with Crippen molar-refractivity contribution in [1.82, 2.24) is 20.4 Å². The predicted octanol–water partition coefficient (Wildman–Crippen LogP) is 2.23. The van der Waals surface area contributed by atoms with Gasteiger partial charge in [0, 0.05) is 36.6 Å². The van der Waals surface area contributed by atoms with Crippen molar-refractivity contribution in [2.45, 2.75) is 6.54 Å². The molecule has 2 amide bonds. The summed E-state index contributed by atoms with van der Waals surface area (Å²) in [5.74, 6) is -0.924. The number of nitrogens with one attached hydrogen (secondary N) is 2. The SMILES string of the molecule is O=C(NCCNC(=O)c1cccc(Cn2cccn2)c1)c1ccc(F)cc1. The predicted molar refractivity (Wildman–Crippen MR) is 98.8 cm³/mol. The van der Waals surface area contributed by atoms with E-state index in [1.165, 1.54) is 24.3 Å². The molecule has 0 aliphatic heterocycles. The lowest BCUT2D eigenvalue weighted by molar-refractivity contribution is 0.0927. The molecular formula is C20H19FN4O2. The van der Waals surface area contributed by atoms with Crippen LogP contribution < -0.4 is 10.6 Å². The van der Waals surface area contributed by atoms with Crippen LogP contribution in [0.15, 0.2) is 67.0 Å². The molecule has 2 N–H and O–H groups in total. The number of hydrogen-bond acceptors (Lipinski definition) is 3. The van der Waals surface area contributed by atoms with Crippen molar-refractivity contribution < 1.29 is 14.0 Å². The van der Waals surface area contributed by atoms with Gasteiger partial charge in [0.1, 0.15) is 5.82 Å². The molecule has 27 heavy (non-hydrogen) atoms. The second-order valence-electron chi connectivity index (χ2n) is 5.92. The van der Waals surface area contributed by atoms with Crippen LogP contribution in [0.25, 0.3) is 0 Å². The second-order valence-corrected chi connectivity index (χ2v) is 5.92. The largest absolute Gasteiger partial charge is 0.350 e. The van der Waals surface area contributed by atoms with E-state index >= 15 is 0 Å². The molecule has 3 aromatic rings. The van der Waals surface area contributed by atoms with E-state index in [4.69, 9.17) is 0 Å². The first-order valence-electron chi connectivity index (χ1n) is 8.50. The maximum atomic E-state index is 12.9. The molecule has 0 aliphatic rings. The summed E-state index contributed by atoms with van der Waals surface area (Å²) in [5, 5.41) is 9.59. The highest BCUT2D eigenvalue weighted by molar-refractivity contribution is 5.95. The second kappa shape index (κ2) is 8.75. The van der Waals surface area contributed by atoms with Crippen molar-refractivity contribution >= 4 is 11.8 Å². The van der Waals surface area contributed by atoms with E-state index in [2.05, 4.69) is 15.7 Å². The number of amides is 2. The van der Waals surface area contributed by atoms with Crippen LogP contribution in [0, 0.1) is 5.82 Å². The van der Waals surface area contributed by atoms with Gasteiger partial charge >= 0.3 is 0 Å². The molecule has 3 rings (SSSR count). The lowest BCUT2D eigenvalue weighted by atomic mass is 10.1. The van der Waals surface area contributed by atoms with Crippen LogP contribution in [-0.2, 0) is 6.54 Å². The van der Waals surface area contributed by atoms with Gasteiger partial charge in [-0.1, -0.05) is 12.1 Å². The third kappa shape index (κ3) is 5.24. The maximum Gasteiger partial charge on any atom is 0.251 e. The standard InChI is InChI=1S/C20H19FN4O2/c21-18-7-5-16(6-8-18)19(26)22-10-11-23-20(27)17-4-1-3-15(13-17)14-25-12-2-9-24-25/h1-9,12-13H,10-11,14H2,(H,22,26)(H,23,27). The minimum absolute atomic E-state index is 0.214. The van der Waals surface area contributed by atoms with Crippen LogP contribution in [0.5, 0.6) is 0 Å². The van der Waals surface area contributed by atoms with Gasteiger partial charge in [-0.15, -0.1) is 0 Å². The number of benzene rings is 2. The Labute approximate surface area is 156 Å². The normalized spacial score (nSPS) is 10.4. The van der Waals surface area contributed by atoms with Crippen LogP contribution >= 0.6 is 0 Å². The van der Waals surface area contributed by atoms with Gasteiger partial charge in [-0.05, 0) is 48.0 Å². The topological polar surface area (TPSA) is 76.0 Å². The fourth-order valence-electron chi connectivity index (χ4n) is 2.55. The van der Waals surface area contributed by atoms with E-state index < -0.39 is 5.82 Å². The quantitative estimate of drug-likeness (QED) is 0.630. The van der Waals surface area contributed by atoms with Crippen LogP contribution in [0.1, 0.15) is 26.3 Å². The highest BCUT2D eigenvalue weighted by atomic mass is 19.1. The highest BCUT2D eigenvalue weighted by Gasteiger charge is 2.08. The summed E-state index contributed by atoms with van der Waals surface area (Å²) < 4.78 is 14.6. The maximum absolute atomic E-state index is 12.9. The number of nitrogens with zero attached hydrogens (tertiary/aromatic N) is 2. The molecule has 0 saturated carbocycles. The van der Waals surface area contributed by atoms with Crippen LogP contribution in [0.3, 0.4) is 0 Å². The Morgan fingerprint density at radius 1 is 0.926 bits per heavy atom. The zero-order chi connectivity index (χ0) is 19.1. The van der Waals surface area contributed by atoms with E-state index in [-0.39, 0.29) is 24.9 Å². The summed E-state index contributed by atoms with van der Waals surface area (Å²) in [6, 6.07) is 14.4. The zero-order valence-electron chi connectivity index (χ0n) is 14.6. The van der Waals surface area contributed by atoms with E-state index in [0.29, 0.717) is 17.7 Å². The molecule has 7 heteroatoms. The molecular weight excluding hydrogens is 347 g/mol. The number of hydrogen-bond donors (Lipinski definition) is 2. The Kier molecular flexibility index (Phi) is 5.94. The average molecular weight is 366 g/mol. The molecule has 2 aromatic carbocycles. The van der Waals surface area contributed by atoms with Crippen molar-refractivity contribution in [3.8, 4) is 0 Å². The van der Waals surface area contributed by atoms with Gasteiger partial charge in [0.15, 0.2) is 0 Å². The number of rotatable bonds is 7. The Balaban J connectivity index is 1.46. The highest BCUT2D eigenvalue weighted by Crippen LogP contribution is 2.07. The molecule has 0 radical (unpaired) electrons. The molecule has 0 bridgehead atoms. The van der Waals surface area contributed by atoms with Gasteiger partial charge in [0.05, 0.1) is 6.54 Å². The van der Waals surface area contributed by atoms with Crippen molar-refractivity contribution in [3.63, 3.8) is 0 Å². The van der Waals surface area contributed by atoms with Crippen molar-refractivity contribution in [2.75, 3.05) is 13.1 Å². The first-order chi connectivity index (χ1) is 13.1. The molecule has 0 spiro atoms. The average Bonchev–Trinajstić information content (AvgIpc) is 3.18. The minimum atomic E-state index is -0.395. The minimum Gasteiger partial charge on any atom is -0.350 e. The Morgan fingerprint density at radius 2 is 1.63 bits per heavy atom. The molecule has 1 heterocycles. The third-order valence-corrected chi connectivity index (χ3v) is 3.90. The van der Waals surface area contributed by atoms with Gasteiger partial charge < -0.3 is 10.6 Å². The molecule has 0 saturated heterocycles.